The molecule has 0 spiro atoms. The molecule has 0 fully saturated rings. The van der Waals surface area contributed by atoms with E-state index in [2.05, 4.69) is 0 Å². The van der Waals surface area contributed by atoms with Crippen molar-refractivity contribution in [2.24, 2.45) is 0 Å². The van der Waals surface area contributed by atoms with Crippen LogP contribution in [0.1, 0.15) is 18.1 Å². The molecule has 1 amide bonds. The molecule has 0 unspecified atom stereocenters. The van der Waals surface area contributed by atoms with Gasteiger partial charge in [-0.1, -0.05) is 6.07 Å². The molecule has 30 heavy (non-hydrogen) atoms. The maximum Gasteiger partial charge on any atom is 0.407 e. The van der Waals surface area contributed by atoms with E-state index in [-0.39, 0.29) is 28.8 Å². The van der Waals surface area contributed by atoms with Gasteiger partial charge in [0.1, 0.15) is 12.3 Å². The maximum absolute atomic E-state index is 13.3. The number of carbonyl (C=O) groups is 1. The summed E-state index contributed by atoms with van der Waals surface area (Å²) in [6.45, 7) is 3.60. The fourth-order valence-electron chi connectivity index (χ4n) is 3.17. The Kier molecular flexibility index (Phi) is 5.72. The van der Waals surface area contributed by atoms with Crippen LogP contribution in [0.2, 0.25) is 0 Å². The van der Waals surface area contributed by atoms with E-state index in [0.29, 0.717) is 22.1 Å². The Morgan fingerprint density at radius 3 is 2.40 bits per heavy atom. The van der Waals surface area contributed by atoms with Crippen molar-refractivity contribution in [2.75, 3.05) is 28.9 Å². The number of carbonyl (C=O) groups excluding carboxylic acids is 1. The molecule has 0 radical (unpaired) electrons. The molecule has 2 aromatic carbocycles. The van der Waals surface area contributed by atoms with Crippen molar-refractivity contribution < 1.29 is 31.1 Å². The SMILES string of the molecule is CCN1C(=O)COc2cc(N(CC(F)(F)F)S(=O)(=O)c3ccc(C)c(C)c3)ccc21. The van der Waals surface area contributed by atoms with Gasteiger partial charge >= 0.3 is 6.18 Å². The van der Waals surface area contributed by atoms with Crippen molar-refractivity contribution in [3.05, 3.63) is 47.5 Å². The average Bonchev–Trinajstić information content (AvgIpc) is 2.67. The van der Waals surface area contributed by atoms with Gasteiger partial charge in [-0.25, -0.2) is 8.42 Å². The molecule has 1 aliphatic rings. The first-order chi connectivity index (χ1) is 13.9. The molecule has 0 saturated carbocycles. The van der Waals surface area contributed by atoms with Crippen LogP contribution in [-0.2, 0) is 14.8 Å². The standard InChI is InChI=1S/C20H21F3N2O4S/c1-4-24-17-8-6-15(10-18(17)29-11-19(24)26)25(12-20(21,22)23)30(27,28)16-7-5-13(2)14(3)9-16/h5-10H,4,11-12H2,1-3H3. The molecule has 0 aliphatic carbocycles. The topological polar surface area (TPSA) is 66.9 Å². The minimum Gasteiger partial charge on any atom is -0.481 e. The molecule has 3 rings (SSSR count). The molecule has 10 heteroatoms. The van der Waals surface area contributed by atoms with Gasteiger partial charge in [0, 0.05) is 12.6 Å². The molecule has 0 aromatic heterocycles. The molecule has 0 bridgehead atoms. The van der Waals surface area contributed by atoms with Crippen LogP contribution in [0.25, 0.3) is 0 Å². The van der Waals surface area contributed by atoms with Gasteiger partial charge in [0.05, 0.1) is 16.3 Å². The number of rotatable bonds is 5. The van der Waals surface area contributed by atoms with Crippen LogP contribution < -0.4 is 13.9 Å². The Hall–Kier alpha value is -2.75. The molecule has 162 valence electrons. The number of halogens is 3. The van der Waals surface area contributed by atoms with Crippen molar-refractivity contribution in [1.82, 2.24) is 0 Å². The Labute approximate surface area is 172 Å². The Balaban J connectivity index is 2.11. The van der Waals surface area contributed by atoms with Crippen LogP contribution >= 0.6 is 0 Å². The highest BCUT2D eigenvalue weighted by molar-refractivity contribution is 7.92. The summed E-state index contributed by atoms with van der Waals surface area (Å²) in [5.41, 5.74) is 1.65. The summed E-state index contributed by atoms with van der Waals surface area (Å²) in [5, 5.41) is 0. The number of fused-ring (bicyclic) bond motifs is 1. The molecule has 6 nitrogen and oxygen atoms in total. The van der Waals surface area contributed by atoms with E-state index in [0.717, 1.165) is 5.56 Å². The second-order valence-corrected chi connectivity index (χ2v) is 8.81. The van der Waals surface area contributed by atoms with Crippen molar-refractivity contribution >= 4 is 27.3 Å². The normalized spacial score (nSPS) is 14.3. The summed E-state index contributed by atoms with van der Waals surface area (Å²) in [6, 6.07) is 8.04. The summed E-state index contributed by atoms with van der Waals surface area (Å²) in [4.78, 5) is 13.1. The van der Waals surface area contributed by atoms with Gasteiger partial charge in [-0.2, -0.15) is 13.2 Å². The first-order valence-electron chi connectivity index (χ1n) is 9.18. The van der Waals surface area contributed by atoms with Crippen LogP contribution in [-0.4, -0.2) is 40.2 Å². The summed E-state index contributed by atoms with van der Waals surface area (Å²) >= 11 is 0. The number of sulfonamides is 1. The molecule has 0 saturated heterocycles. The van der Waals surface area contributed by atoms with E-state index in [4.69, 9.17) is 4.74 Å². The lowest BCUT2D eigenvalue weighted by Gasteiger charge is -2.31. The zero-order valence-corrected chi connectivity index (χ0v) is 17.5. The molecule has 1 aliphatic heterocycles. The van der Waals surface area contributed by atoms with E-state index in [9.17, 15) is 26.4 Å². The van der Waals surface area contributed by atoms with Crippen molar-refractivity contribution in [3.63, 3.8) is 0 Å². The van der Waals surface area contributed by atoms with Crippen molar-refractivity contribution in [3.8, 4) is 5.75 Å². The summed E-state index contributed by atoms with van der Waals surface area (Å²) < 4.78 is 71.8. The lowest BCUT2D eigenvalue weighted by atomic mass is 10.1. The smallest absolute Gasteiger partial charge is 0.407 e. The van der Waals surface area contributed by atoms with E-state index < -0.39 is 22.7 Å². The van der Waals surface area contributed by atoms with Crippen molar-refractivity contribution in [2.45, 2.75) is 31.8 Å². The monoisotopic (exact) mass is 442 g/mol. The predicted octanol–water partition coefficient (Wildman–Crippen LogP) is 3.81. The van der Waals surface area contributed by atoms with Gasteiger partial charge in [-0.15, -0.1) is 0 Å². The molecular formula is C20H21F3N2O4S. The minimum absolute atomic E-state index is 0.149. The van der Waals surface area contributed by atoms with Crippen LogP contribution in [0.4, 0.5) is 24.5 Å². The highest BCUT2D eigenvalue weighted by atomic mass is 32.2. The van der Waals surface area contributed by atoms with E-state index in [1.165, 1.54) is 35.2 Å². The zero-order valence-electron chi connectivity index (χ0n) is 16.7. The maximum atomic E-state index is 13.3. The molecule has 2 aromatic rings. The highest BCUT2D eigenvalue weighted by Gasteiger charge is 2.38. The number of aryl methyl sites for hydroxylation is 2. The summed E-state index contributed by atoms with van der Waals surface area (Å²) in [7, 11) is -4.51. The molecule has 0 N–H and O–H groups in total. The number of benzene rings is 2. The number of anilines is 2. The highest BCUT2D eigenvalue weighted by Crippen LogP contribution is 2.38. The minimum atomic E-state index is -4.77. The second kappa shape index (κ2) is 7.82. The second-order valence-electron chi connectivity index (χ2n) is 6.95. The van der Waals surface area contributed by atoms with Gasteiger partial charge in [-0.3, -0.25) is 9.10 Å². The number of hydrogen-bond acceptors (Lipinski definition) is 4. The fourth-order valence-corrected chi connectivity index (χ4v) is 4.70. The van der Waals surface area contributed by atoms with Crippen LogP contribution in [0, 0.1) is 13.8 Å². The van der Waals surface area contributed by atoms with Crippen LogP contribution in [0.5, 0.6) is 5.75 Å². The van der Waals surface area contributed by atoms with Gasteiger partial charge < -0.3 is 9.64 Å². The summed E-state index contributed by atoms with van der Waals surface area (Å²) in [6.07, 6.45) is -4.77. The fraction of sp³-hybridized carbons (Fsp3) is 0.350. The van der Waals surface area contributed by atoms with Gasteiger partial charge in [0.15, 0.2) is 6.61 Å². The third-order valence-electron chi connectivity index (χ3n) is 4.88. The Morgan fingerprint density at radius 2 is 1.80 bits per heavy atom. The van der Waals surface area contributed by atoms with E-state index >= 15 is 0 Å². The molecule has 0 atom stereocenters. The lowest BCUT2D eigenvalue weighted by molar-refractivity contribution is -0.121. The first-order valence-corrected chi connectivity index (χ1v) is 10.6. The predicted molar refractivity (Wildman–Crippen MR) is 106 cm³/mol. The number of likely N-dealkylation sites (N-methyl/N-ethyl adjacent to an activating group) is 1. The molecule has 1 heterocycles. The van der Waals surface area contributed by atoms with Crippen LogP contribution in [0.3, 0.4) is 0 Å². The third kappa shape index (κ3) is 4.23. The number of alkyl halides is 3. The quantitative estimate of drug-likeness (QED) is 0.707. The number of ether oxygens (including phenoxy) is 1. The number of amides is 1. The van der Waals surface area contributed by atoms with Gasteiger partial charge in [0.2, 0.25) is 0 Å². The van der Waals surface area contributed by atoms with E-state index in [1.807, 2.05) is 0 Å². The lowest BCUT2D eigenvalue weighted by Crippen LogP contribution is -2.40. The number of nitrogens with zero attached hydrogens (tertiary/aromatic N) is 2. The number of hydrogen-bond donors (Lipinski definition) is 0. The van der Waals surface area contributed by atoms with Crippen molar-refractivity contribution in [1.29, 1.82) is 0 Å². The van der Waals surface area contributed by atoms with E-state index in [1.54, 1.807) is 26.8 Å². The third-order valence-corrected chi connectivity index (χ3v) is 6.65. The average molecular weight is 442 g/mol. The Bertz CT molecular complexity index is 1080. The largest absolute Gasteiger partial charge is 0.481 e. The molecular weight excluding hydrogens is 421 g/mol. The Morgan fingerprint density at radius 1 is 1.10 bits per heavy atom. The first kappa shape index (κ1) is 21.9. The summed E-state index contributed by atoms with van der Waals surface area (Å²) in [5.74, 6) is -0.135. The van der Waals surface area contributed by atoms with Crippen LogP contribution in [0.15, 0.2) is 41.3 Å². The zero-order chi connectivity index (χ0) is 22.3. The van der Waals surface area contributed by atoms with Gasteiger partial charge in [0.25, 0.3) is 15.9 Å². The van der Waals surface area contributed by atoms with Gasteiger partial charge in [-0.05, 0) is 56.2 Å².